The molecule has 1 aliphatic carbocycles. The molecule has 0 radical (unpaired) electrons. The molecule has 1 atom stereocenters. The molecule has 0 fully saturated rings. The van der Waals surface area contributed by atoms with Gasteiger partial charge >= 0.3 is 11.9 Å². The maximum atomic E-state index is 10.9. The second-order valence-electron chi connectivity index (χ2n) is 10.1. The minimum atomic E-state index is -1.32. The zero-order chi connectivity index (χ0) is 29.7. The molecule has 0 aliphatic heterocycles. The predicted molar refractivity (Wildman–Crippen MR) is 162 cm³/mol. The Kier molecular flexibility index (Phi) is 8.04. The molecule has 42 heavy (non-hydrogen) atoms. The van der Waals surface area contributed by atoms with Crippen molar-refractivity contribution in [1.29, 1.82) is 0 Å². The van der Waals surface area contributed by atoms with Crippen LogP contribution < -0.4 is 0 Å². The first-order valence-electron chi connectivity index (χ1n) is 13.3. The number of halogens is 1. The van der Waals surface area contributed by atoms with Gasteiger partial charge in [-0.1, -0.05) is 109 Å². The monoisotopic (exact) mass is 577 g/mol. The van der Waals surface area contributed by atoms with Crippen molar-refractivity contribution < 1.29 is 19.8 Å². The Morgan fingerprint density at radius 1 is 0.810 bits per heavy atom. The maximum absolute atomic E-state index is 10.9. The molecule has 0 bridgehead atoms. The first kappa shape index (κ1) is 28.5. The van der Waals surface area contributed by atoms with Gasteiger partial charge in [-0.25, -0.2) is 9.48 Å². The summed E-state index contributed by atoms with van der Waals surface area (Å²) in [5, 5.41) is 23.7. The lowest BCUT2D eigenvalue weighted by molar-refractivity contribution is -0.145. The molecule has 0 saturated carbocycles. The number of carbonyl (C=O) groups is 2. The van der Waals surface area contributed by atoms with Crippen LogP contribution in [0.4, 0.5) is 0 Å². The van der Waals surface area contributed by atoms with Gasteiger partial charge in [0.15, 0.2) is 0 Å². The third-order valence-electron chi connectivity index (χ3n) is 7.51. The highest BCUT2D eigenvalue weighted by atomic mass is 35.5. The summed E-state index contributed by atoms with van der Waals surface area (Å²) in [6.07, 6.45) is 8.15. The summed E-state index contributed by atoms with van der Waals surface area (Å²) >= 11 is 5.73. The number of aliphatic carboxylic acids is 2. The van der Waals surface area contributed by atoms with Crippen molar-refractivity contribution in [2.45, 2.75) is 18.9 Å². The zero-order valence-electron chi connectivity index (χ0n) is 22.8. The number of carboxylic acid groups (broad SMARTS) is 2. The van der Waals surface area contributed by atoms with Crippen molar-refractivity contribution in [1.82, 2.24) is 14.8 Å². The van der Waals surface area contributed by atoms with Crippen molar-refractivity contribution in [2.24, 2.45) is 5.41 Å². The summed E-state index contributed by atoms with van der Waals surface area (Å²) in [5.74, 6) is -2.23. The number of hydrogen-bond acceptors (Lipinski definition) is 4. The molecule has 0 saturated heterocycles. The lowest BCUT2D eigenvalue weighted by Crippen LogP contribution is -2.38. The Balaban J connectivity index is 0.000000214. The van der Waals surface area contributed by atoms with Crippen molar-refractivity contribution in [3.05, 3.63) is 155 Å². The van der Waals surface area contributed by atoms with E-state index in [1.165, 1.54) is 19.1 Å². The van der Waals surface area contributed by atoms with E-state index in [2.05, 4.69) is 101 Å². The molecule has 0 spiro atoms. The lowest BCUT2D eigenvalue weighted by Gasteiger charge is -2.37. The summed E-state index contributed by atoms with van der Waals surface area (Å²) in [6.45, 7) is 1.41. The van der Waals surface area contributed by atoms with Gasteiger partial charge in [0, 0.05) is 34.8 Å². The van der Waals surface area contributed by atoms with Gasteiger partial charge in [0.2, 0.25) is 0 Å². The zero-order valence-corrected chi connectivity index (χ0v) is 23.5. The largest absolute Gasteiger partial charge is 0.481 e. The smallest absolute Gasteiger partial charge is 0.331 e. The van der Waals surface area contributed by atoms with Gasteiger partial charge in [-0.05, 0) is 35.8 Å². The van der Waals surface area contributed by atoms with Gasteiger partial charge in [0.1, 0.15) is 11.0 Å². The summed E-state index contributed by atoms with van der Waals surface area (Å²) < 4.78 is 2.13. The van der Waals surface area contributed by atoms with Gasteiger partial charge in [-0.2, -0.15) is 5.10 Å². The van der Waals surface area contributed by atoms with E-state index < -0.39 is 22.9 Å². The Morgan fingerprint density at radius 2 is 1.33 bits per heavy atom. The highest BCUT2D eigenvalue weighted by molar-refractivity contribution is 6.32. The molecule has 2 heterocycles. The third-order valence-corrected chi connectivity index (χ3v) is 8.05. The fourth-order valence-corrected chi connectivity index (χ4v) is 5.46. The first-order chi connectivity index (χ1) is 20.3. The van der Waals surface area contributed by atoms with Crippen LogP contribution in [0, 0.1) is 5.41 Å². The molecule has 2 aromatic heterocycles. The number of allylic oxidation sites excluding steroid dienone is 2. The predicted octanol–water partition coefficient (Wildman–Crippen LogP) is 6.89. The highest BCUT2D eigenvalue weighted by Crippen LogP contribution is 2.42. The molecule has 8 heteroatoms. The number of benzene rings is 3. The normalized spacial score (nSPS) is 16.5. The Labute approximate surface area is 248 Å². The standard InChI is InChI=1S/C25H19N3.C9H9ClO4/c1-4-10-21(11-5-1)25(22-12-6-2-7-13-22,23-14-8-3-9-15-23)28-24-16-17-26-18-20(24)19-27-28;1-9(8(13)14)4-5(7(11)12)2-3-6(9)10/h1-19H;2-3H,4H2,1H3,(H,11,12)(H,13,14). The van der Waals surface area contributed by atoms with Gasteiger partial charge in [-0.3, -0.25) is 9.78 Å². The van der Waals surface area contributed by atoms with Crippen LogP contribution in [0.3, 0.4) is 0 Å². The van der Waals surface area contributed by atoms with Crippen molar-refractivity contribution >= 4 is 34.4 Å². The van der Waals surface area contributed by atoms with Crippen LogP contribution in [-0.2, 0) is 15.1 Å². The van der Waals surface area contributed by atoms with Crippen LogP contribution in [0.15, 0.2) is 138 Å². The molecule has 7 nitrogen and oxygen atoms in total. The van der Waals surface area contributed by atoms with Gasteiger partial charge in [-0.15, -0.1) is 0 Å². The Hall–Kier alpha value is -5.01. The fraction of sp³-hybridized carbons (Fsp3) is 0.118. The van der Waals surface area contributed by atoms with Crippen LogP contribution >= 0.6 is 11.6 Å². The maximum Gasteiger partial charge on any atom is 0.331 e. The molecule has 1 aliphatic rings. The molecule has 6 rings (SSSR count). The number of hydrogen-bond donors (Lipinski definition) is 2. The topological polar surface area (TPSA) is 105 Å². The number of carboxylic acids is 2. The quantitative estimate of drug-likeness (QED) is 0.213. The van der Waals surface area contributed by atoms with Gasteiger partial charge in [0.05, 0.1) is 11.7 Å². The molecule has 5 aromatic rings. The van der Waals surface area contributed by atoms with E-state index in [1.807, 2.05) is 24.7 Å². The van der Waals surface area contributed by atoms with E-state index in [-0.39, 0.29) is 17.0 Å². The molecular formula is C34H28ClN3O4. The highest BCUT2D eigenvalue weighted by Gasteiger charge is 2.41. The summed E-state index contributed by atoms with van der Waals surface area (Å²) in [5.41, 5.74) is 2.68. The van der Waals surface area contributed by atoms with Crippen molar-refractivity contribution in [3.63, 3.8) is 0 Å². The lowest BCUT2D eigenvalue weighted by atomic mass is 9.77. The summed E-state index contributed by atoms with van der Waals surface area (Å²) in [7, 11) is 0. The molecule has 0 amide bonds. The second-order valence-corrected chi connectivity index (χ2v) is 10.5. The van der Waals surface area contributed by atoms with Crippen molar-refractivity contribution in [2.75, 3.05) is 0 Å². The molecule has 210 valence electrons. The number of pyridine rings is 1. The average molecular weight is 578 g/mol. The second kappa shape index (κ2) is 11.8. The molecular weight excluding hydrogens is 550 g/mol. The van der Waals surface area contributed by atoms with E-state index in [4.69, 9.17) is 26.9 Å². The molecule has 1 unspecified atom stereocenters. The minimum Gasteiger partial charge on any atom is -0.481 e. The van der Waals surface area contributed by atoms with E-state index in [0.717, 1.165) is 27.6 Å². The fourth-order valence-electron chi connectivity index (χ4n) is 5.25. The van der Waals surface area contributed by atoms with Crippen LogP contribution in [-0.4, -0.2) is 36.9 Å². The SMILES string of the molecule is CC1(C(=O)O)CC(C(=O)O)=CC=C1Cl.c1ccc(C(c2ccccc2)(c2ccccc2)n2ncc3cnccc32)cc1. The minimum absolute atomic E-state index is 0.0549. The Bertz CT molecular complexity index is 1690. The van der Waals surface area contributed by atoms with Crippen LogP contribution in [0.1, 0.15) is 30.0 Å². The summed E-state index contributed by atoms with van der Waals surface area (Å²) in [4.78, 5) is 25.8. The number of rotatable bonds is 6. The van der Waals surface area contributed by atoms with Crippen molar-refractivity contribution in [3.8, 4) is 0 Å². The van der Waals surface area contributed by atoms with Crippen LogP contribution in [0.25, 0.3) is 10.9 Å². The van der Waals surface area contributed by atoms with Gasteiger partial charge in [0.25, 0.3) is 0 Å². The van der Waals surface area contributed by atoms with Gasteiger partial charge < -0.3 is 10.2 Å². The van der Waals surface area contributed by atoms with Crippen LogP contribution in [0.5, 0.6) is 0 Å². The third kappa shape index (κ3) is 5.10. The van der Waals surface area contributed by atoms with E-state index in [0.29, 0.717) is 0 Å². The number of fused-ring (bicyclic) bond motifs is 1. The molecule has 3 aromatic carbocycles. The number of aromatic nitrogens is 3. The Morgan fingerprint density at radius 3 is 1.81 bits per heavy atom. The van der Waals surface area contributed by atoms with E-state index >= 15 is 0 Å². The van der Waals surface area contributed by atoms with E-state index in [9.17, 15) is 9.59 Å². The summed E-state index contributed by atoms with van der Waals surface area (Å²) in [6, 6.07) is 33.8. The van der Waals surface area contributed by atoms with Crippen LogP contribution in [0.2, 0.25) is 0 Å². The molecule has 2 N–H and O–H groups in total. The average Bonchev–Trinajstić information content (AvgIpc) is 3.45. The first-order valence-corrected chi connectivity index (χ1v) is 13.6. The van der Waals surface area contributed by atoms with E-state index in [1.54, 1.807) is 0 Å². The number of nitrogens with zero attached hydrogens (tertiary/aromatic N) is 3.